The molecule has 0 saturated heterocycles. The smallest absolute Gasteiger partial charge is 0.227 e. The molecule has 0 N–H and O–H groups in total. The van der Waals surface area contributed by atoms with Gasteiger partial charge in [-0.2, -0.15) is 0 Å². The van der Waals surface area contributed by atoms with Gasteiger partial charge in [-0.15, -0.1) is 0 Å². The van der Waals surface area contributed by atoms with E-state index in [1.54, 1.807) is 0 Å². The topological polar surface area (TPSA) is 47.1 Å². The van der Waals surface area contributed by atoms with Gasteiger partial charge < -0.3 is 8.98 Å². The highest BCUT2D eigenvalue weighted by atomic mass is 16.3. The van der Waals surface area contributed by atoms with Crippen molar-refractivity contribution in [3.8, 4) is 28.4 Å². The maximum absolute atomic E-state index is 6.63. The summed E-state index contributed by atoms with van der Waals surface area (Å²) in [6.07, 6.45) is 0. The molecule has 258 valence electrons. The van der Waals surface area contributed by atoms with E-state index in [9.17, 15) is 0 Å². The molecule has 11 aromatic rings. The van der Waals surface area contributed by atoms with Crippen molar-refractivity contribution in [3.63, 3.8) is 0 Å². The quantitative estimate of drug-likeness (QED) is 0.162. The van der Waals surface area contributed by atoms with Crippen LogP contribution in [0.2, 0.25) is 0 Å². The first-order valence-electron chi connectivity index (χ1n) is 18.5. The average molecular weight is 705 g/mol. The lowest BCUT2D eigenvalue weighted by molar-refractivity contribution is 0.623. The molecule has 8 aromatic carbocycles. The zero-order valence-electron chi connectivity index (χ0n) is 29.7. The van der Waals surface area contributed by atoms with Gasteiger partial charge in [0.1, 0.15) is 11.3 Å². The minimum atomic E-state index is 0.611. The molecule has 0 amide bonds. The van der Waals surface area contributed by atoms with Crippen LogP contribution in [0.1, 0.15) is 0 Å². The third kappa shape index (κ3) is 5.09. The van der Waals surface area contributed by atoms with Crippen LogP contribution in [0.15, 0.2) is 199 Å². The Kier molecular flexibility index (Phi) is 7.10. The van der Waals surface area contributed by atoms with Gasteiger partial charge in [-0.05, 0) is 82.9 Å². The fraction of sp³-hybridized carbons (Fsp3) is 0. The van der Waals surface area contributed by atoms with E-state index in [1.807, 2.05) is 36.4 Å². The predicted molar refractivity (Wildman–Crippen MR) is 227 cm³/mol. The number of pyridine rings is 1. The standard InChI is InChI=1S/C50H32N4O/c1-4-14-34(15-5-1)42-22-13-25-46(51-42)53(45-24-12-21-40-39-20-10-11-23-44(39)54(48(40)45)37-18-8-3-9-19-37)38-30-28-33-26-27-35-29-31-43-49(47(35)41(33)32-38)55-50(52-43)36-16-6-2-7-17-36/h1-32H. The number of benzene rings is 8. The maximum atomic E-state index is 6.63. The zero-order valence-corrected chi connectivity index (χ0v) is 29.7. The van der Waals surface area contributed by atoms with Crippen molar-refractivity contribution in [1.29, 1.82) is 0 Å². The van der Waals surface area contributed by atoms with E-state index in [2.05, 4.69) is 167 Å². The van der Waals surface area contributed by atoms with Gasteiger partial charge in [0.2, 0.25) is 5.89 Å². The summed E-state index contributed by atoms with van der Waals surface area (Å²) in [7, 11) is 0. The van der Waals surface area contributed by atoms with E-state index < -0.39 is 0 Å². The number of para-hydroxylation sites is 3. The summed E-state index contributed by atoms with van der Waals surface area (Å²) in [5.74, 6) is 1.43. The van der Waals surface area contributed by atoms with Crippen LogP contribution in [0.25, 0.3) is 82.8 Å². The lowest BCUT2D eigenvalue weighted by atomic mass is 10.00. The van der Waals surface area contributed by atoms with Crippen LogP contribution in [0.4, 0.5) is 17.2 Å². The number of hydrogen-bond acceptors (Lipinski definition) is 4. The van der Waals surface area contributed by atoms with Gasteiger partial charge in [0.05, 0.1) is 22.4 Å². The van der Waals surface area contributed by atoms with Crippen molar-refractivity contribution in [1.82, 2.24) is 14.5 Å². The molecule has 11 rings (SSSR count). The number of oxazole rings is 1. The average Bonchev–Trinajstić information content (AvgIpc) is 3.85. The Morgan fingerprint density at radius 1 is 0.491 bits per heavy atom. The molecule has 5 heteroatoms. The van der Waals surface area contributed by atoms with Crippen LogP contribution in [-0.4, -0.2) is 14.5 Å². The van der Waals surface area contributed by atoms with Gasteiger partial charge in [-0.1, -0.05) is 127 Å². The molecule has 0 unspecified atom stereocenters. The number of nitrogens with zero attached hydrogens (tertiary/aromatic N) is 4. The summed E-state index contributed by atoms with van der Waals surface area (Å²) in [4.78, 5) is 12.6. The van der Waals surface area contributed by atoms with Crippen LogP contribution in [-0.2, 0) is 0 Å². The first-order chi connectivity index (χ1) is 27.3. The van der Waals surface area contributed by atoms with E-state index in [4.69, 9.17) is 14.4 Å². The Balaban J connectivity index is 1.21. The van der Waals surface area contributed by atoms with Crippen LogP contribution in [0, 0.1) is 0 Å². The molecular weight excluding hydrogens is 673 g/mol. The molecule has 0 atom stereocenters. The molecule has 5 nitrogen and oxygen atoms in total. The second kappa shape index (κ2) is 12.6. The summed E-state index contributed by atoms with van der Waals surface area (Å²) < 4.78 is 9.01. The van der Waals surface area contributed by atoms with Crippen LogP contribution in [0.5, 0.6) is 0 Å². The van der Waals surface area contributed by atoms with Crippen LogP contribution in [0.3, 0.4) is 0 Å². The number of rotatable bonds is 6. The molecule has 0 bridgehead atoms. The van der Waals surface area contributed by atoms with Crippen molar-refractivity contribution in [2.45, 2.75) is 0 Å². The zero-order chi connectivity index (χ0) is 36.3. The summed E-state index contributed by atoms with van der Waals surface area (Å²) in [6, 6.07) is 67.9. The van der Waals surface area contributed by atoms with E-state index in [-0.39, 0.29) is 0 Å². The van der Waals surface area contributed by atoms with E-state index in [1.165, 1.54) is 10.8 Å². The van der Waals surface area contributed by atoms with Crippen LogP contribution < -0.4 is 4.90 Å². The molecule has 3 aromatic heterocycles. The summed E-state index contributed by atoms with van der Waals surface area (Å²) >= 11 is 0. The molecular formula is C50H32N4O. The van der Waals surface area contributed by atoms with Gasteiger partial charge in [0.15, 0.2) is 5.58 Å². The number of aromatic nitrogens is 3. The van der Waals surface area contributed by atoms with Gasteiger partial charge in [0, 0.05) is 38.7 Å². The third-order valence-corrected chi connectivity index (χ3v) is 10.6. The summed E-state index contributed by atoms with van der Waals surface area (Å²) in [5.41, 5.74) is 9.87. The van der Waals surface area contributed by atoms with E-state index >= 15 is 0 Å². The van der Waals surface area contributed by atoms with Gasteiger partial charge in [0.25, 0.3) is 0 Å². The first kappa shape index (κ1) is 31.1. The predicted octanol–water partition coefficient (Wildman–Crippen LogP) is 13.4. The Morgan fingerprint density at radius 2 is 1.16 bits per heavy atom. The number of hydrogen-bond donors (Lipinski definition) is 0. The number of anilines is 3. The maximum Gasteiger partial charge on any atom is 0.227 e. The fourth-order valence-electron chi connectivity index (χ4n) is 8.09. The molecule has 0 spiro atoms. The minimum absolute atomic E-state index is 0.611. The molecule has 0 saturated carbocycles. The molecule has 0 radical (unpaired) electrons. The van der Waals surface area contributed by atoms with Crippen molar-refractivity contribution >= 4 is 71.6 Å². The Morgan fingerprint density at radius 3 is 2.00 bits per heavy atom. The second-order valence-corrected chi connectivity index (χ2v) is 13.8. The fourth-order valence-corrected chi connectivity index (χ4v) is 8.09. The Labute approximate surface area is 317 Å². The molecule has 55 heavy (non-hydrogen) atoms. The minimum Gasteiger partial charge on any atom is -0.435 e. The van der Waals surface area contributed by atoms with E-state index in [0.29, 0.717) is 5.89 Å². The molecule has 3 heterocycles. The van der Waals surface area contributed by atoms with E-state index in [0.717, 1.165) is 83.4 Å². The van der Waals surface area contributed by atoms with Crippen molar-refractivity contribution < 1.29 is 4.42 Å². The largest absolute Gasteiger partial charge is 0.435 e. The van der Waals surface area contributed by atoms with Crippen molar-refractivity contribution in [3.05, 3.63) is 194 Å². The second-order valence-electron chi connectivity index (χ2n) is 13.8. The van der Waals surface area contributed by atoms with Crippen molar-refractivity contribution in [2.75, 3.05) is 4.90 Å². The Bertz CT molecular complexity index is 3200. The first-order valence-corrected chi connectivity index (χ1v) is 18.5. The number of fused-ring (bicyclic) bond motifs is 8. The Hall–Kier alpha value is -7.50. The molecule has 0 aliphatic carbocycles. The lowest BCUT2D eigenvalue weighted by Crippen LogP contribution is -2.13. The van der Waals surface area contributed by atoms with Crippen LogP contribution >= 0.6 is 0 Å². The van der Waals surface area contributed by atoms with Crippen molar-refractivity contribution in [2.24, 2.45) is 0 Å². The third-order valence-electron chi connectivity index (χ3n) is 10.6. The highest BCUT2D eigenvalue weighted by Gasteiger charge is 2.23. The highest BCUT2D eigenvalue weighted by Crippen LogP contribution is 2.45. The van der Waals surface area contributed by atoms with Gasteiger partial charge in [-0.25, -0.2) is 9.97 Å². The summed E-state index contributed by atoms with van der Waals surface area (Å²) in [5, 5.41) is 6.69. The van der Waals surface area contributed by atoms with Gasteiger partial charge in [-0.3, -0.25) is 4.90 Å². The molecule has 0 aliphatic heterocycles. The normalized spacial score (nSPS) is 11.6. The summed E-state index contributed by atoms with van der Waals surface area (Å²) in [6.45, 7) is 0. The molecule has 0 fully saturated rings. The van der Waals surface area contributed by atoms with Gasteiger partial charge >= 0.3 is 0 Å². The lowest BCUT2D eigenvalue weighted by Gasteiger charge is -2.27. The highest BCUT2D eigenvalue weighted by molar-refractivity contribution is 6.19. The SMILES string of the molecule is c1ccc(-c2cccc(N(c3ccc4ccc5ccc6nc(-c7ccccc7)oc6c5c4c3)c3cccc4c5ccccc5n(-c5ccccc5)c34)n2)cc1. The molecule has 0 aliphatic rings. The monoisotopic (exact) mass is 704 g/mol.